The largest absolute Gasteiger partial charge is 0.355 e. The van der Waals surface area contributed by atoms with Crippen LogP contribution in [0.1, 0.15) is 27.8 Å². The molecular weight excluding hydrogens is 458 g/mol. The monoisotopic (exact) mass is 487 g/mol. The summed E-state index contributed by atoms with van der Waals surface area (Å²) in [7, 11) is 0. The van der Waals surface area contributed by atoms with Gasteiger partial charge in [-0.3, -0.25) is 0 Å². The molecule has 0 radical (unpaired) electrons. The molecule has 6 rings (SSSR count). The Kier molecular flexibility index (Phi) is 5.70. The highest BCUT2D eigenvalue weighted by atomic mass is 14.9. The molecule has 0 saturated carbocycles. The Balaban J connectivity index is 1.75. The van der Waals surface area contributed by atoms with Crippen molar-refractivity contribution in [3.05, 3.63) is 181 Å². The van der Waals surface area contributed by atoms with E-state index in [0.717, 1.165) is 33.7 Å². The second-order valence-corrected chi connectivity index (χ2v) is 9.66. The zero-order valence-electron chi connectivity index (χ0n) is 21.4. The fourth-order valence-electron chi connectivity index (χ4n) is 6.13. The van der Waals surface area contributed by atoms with Gasteiger partial charge < -0.3 is 5.32 Å². The van der Waals surface area contributed by atoms with Crippen LogP contribution < -0.4 is 5.32 Å². The van der Waals surface area contributed by atoms with Crippen LogP contribution in [0.2, 0.25) is 0 Å². The zero-order valence-corrected chi connectivity index (χ0v) is 21.4. The van der Waals surface area contributed by atoms with E-state index in [1.54, 1.807) is 0 Å². The van der Waals surface area contributed by atoms with Gasteiger partial charge >= 0.3 is 0 Å². The van der Waals surface area contributed by atoms with Crippen molar-refractivity contribution in [1.82, 2.24) is 0 Å². The first-order valence-electron chi connectivity index (χ1n) is 12.8. The molecule has 1 spiro atoms. The smallest absolute Gasteiger partial charge is 0.0754 e. The maximum absolute atomic E-state index is 4.60. The first-order chi connectivity index (χ1) is 18.6. The summed E-state index contributed by atoms with van der Waals surface area (Å²) in [4.78, 5) is 0. The molecule has 1 N–H and O–H groups in total. The van der Waals surface area contributed by atoms with Gasteiger partial charge in [0.15, 0.2) is 0 Å². The third kappa shape index (κ3) is 3.33. The van der Waals surface area contributed by atoms with Crippen LogP contribution in [0.4, 0.5) is 11.4 Å². The Morgan fingerprint density at radius 2 is 1.39 bits per heavy atom. The van der Waals surface area contributed by atoms with E-state index in [0.29, 0.717) is 0 Å². The second-order valence-electron chi connectivity index (χ2n) is 9.66. The van der Waals surface area contributed by atoms with Crippen LogP contribution in [0.15, 0.2) is 153 Å². The van der Waals surface area contributed by atoms with E-state index < -0.39 is 5.41 Å². The van der Waals surface area contributed by atoms with Gasteiger partial charge in [0.25, 0.3) is 0 Å². The van der Waals surface area contributed by atoms with Gasteiger partial charge in [-0.15, -0.1) is 0 Å². The van der Waals surface area contributed by atoms with Gasteiger partial charge in [0, 0.05) is 11.4 Å². The molecule has 1 unspecified atom stereocenters. The molecule has 1 atom stereocenters. The van der Waals surface area contributed by atoms with E-state index in [9.17, 15) is 0 Å². The van der Waals surface area contributed by atoms with Crippen molar-refractivity contribution >= 4 is 22.5 Å². The number of nitrogens with one attached hydrogen (secondary N) is 1. The zero-order chi connectivity index (χ0) is 26.3. The van der Waals surface area contributed by atoms with E-state index in [1.165, 1.54) is 33.4 Å². The molecule has 0 fully saturated rings. The first-order valence-corrected chi connectivity index (χ1v) is 12.8. The average molecular weight is 488 g/mol. The van der Waals surface area contributed by atoms with Crippen molar-refractivity contribution in [1.29, 1.82) is 0 Å². The predicted molar refractivity (Wildman–Crippen MR) is 164 cm³/mol. The van der Waals surface area contributed by atoms with E-state index in [4.69, 9.17) is 0 Å². The fourth-order valence-corrected chi connectivity index (χ4v) is 6.13. The van der Waals surface area contributed by atoms with Crippen LogP contribution in [0, 0.1) is 0 Å². The lowest BCUT2D eigenvalue weighted by Crippen LogP contribution is -2.33. The van der Waals surface area contributed by atoms with E-state index >= 15 is 0 Å². The lowest BCUT2D eigenvalue weighted by Gasteiger charge is -2.41. The van der Waals surface area contributed by atoms with Gasteiger partial charge in [0.2, 0.25) is 0 Å². The van der Waals surface area contributed by atoms with Gasteiger partial charge in [0.05, 0.1) is 5.41 Å². The van der Waals surface area contributed by atoms with Crippen molar-refractivity contribution in [2.75, 3.05) is 5.32 Å². The number of hydrogen-bond donors (Lipinski definition) is 1. The summed E-state index contributed by atoms with van der Waals surface area (Å²) in [6.07, 6.45) is 9.71. The normalized spacial score (nSPS) is 18.4. The molecule has 4 aromatic rings. The summed E-state index contributed by atoms with van der Waals surface area (Å²) in [5, 5.41) is 3.75. The van der Waals surface area contributed by atoms with Crippen molar-refractivity contribution in [2.45, 2.75) is 5.41 Å². The Bertz CT molecular complexity index is 1700. The fraction of sp³-hybridized carbons (Fsp3) is 0.0270. The van der Waals surface area contributed by atoms with Gasteiger partial charge in [0.1, 0.15) is 0 Å². The molecule has 0 aromatic heterocycles. The molecule has 0 saturated heterocycles. The minimum atomic E-state index is -0.557. The number of benzene rings is 4. The Hall–Kier alpha value is -4.88. The van der Waals surface area contributed by atoms with Gasteiger partial charge in [-0.05, 0) is 79.9 Å². The standard InChI is InChI=1S/C37H29N/c1-5-13-26(7-3)28-19-21-35-33(23-28)37(31(14-6-2)25(4)30-17-11-12-18-32(30)37)34-24-29(20-22-36(34)38-35)27-15-9-8-10-16-27/h5-24,38H,1-4H2/b26-13+,31-14+. The molecule has 1 heteroatoms. The summed E-state index contributed by atoms with van der Waals surface area (Å²) < 4.78 is 0. The van der Waals surface area contributed by atoms with Crippen LogP contribution in [-0.4, -0.2) is 0 Å². The topological polar surface area (TPSA) is 12.0 Å². The van der Waals surface area contributed by atoms with Crippen LogP contribution in [0.25, 0.3) is 22.3 Å². The van der Waals surface area contributed by atoms with Crippen LogP contribution in [-0.2, 0) is 5.41 Å². The molecule has 2 aliphatic rings. The molecule has 0 amide bonds. The number of hydrogen-bond acceptors (Lipinski definition) is 1. The third-order valence-corrected chi connectivity index (χ3v) is 7.74. The first kappa shape index (κ1) is 23.5. The van der Waals surface area contributed by atoms with Gasteiger partial charge in [-0.1, -0.05) is 123 Å². The minimum Gasteiger partial charge on any atom is -0.355 e. The van der Waals surface area contributed by atoms with Crippen LogP contribution >= 0.6 is 0 Å². The van der Waals surface area contributed by atoms with Crippen molar-refractivity contribution in [2.24, 2.45) is 0 Å². The number of allylic oxidation sites excluding steroid dienone is 8. The SMILES string of the molecule is C=C/C=C(\C=C)c1ccc2c(c1)C1(/C(=C/C=C)C(=C)c3ccccc31)c1cc(-c3ccccc3)ccc1N2. The van der Waals surface area contributed by atoms with Crippen molar-refractivity contribution < 1.29 is 0 Å². The van der Waals surface area contributed by atoms with Crippen molar-refractivity contribution in [3.8, 4) is 11.1 Å². The molecule has 4 aromatic carbocycles. The van der Waals surface area contributed by atoms with Crippen molar-refractivity contribution in [3.63, 3.8) is 0 Å². The predicted octanol–water partition coefficient (Wildman–Crippen LogP) is 9.64. The number of rotatable bonds is 5. The summed E-state index contributed by atoms with van der Waals surface area (Å²) in [6, 6.07) is 32.6. The van der Waals surface area contributed by atoms with E-state index in [2.05, 4.69) is 129 Å². The Morgan fingerprint density at radius 1 is 0.684 bits per heavy atom. The summed E-state index contributed by atoms with van der Waals surface area (Å²) in [5.74, 6) is 0. The number of anilines is 2. The highest BCUT2D eigenvalue weighted by Crippen LogP contribution is 2.62. The Labute approximate surface area is 225 Å². The Morgan fingerprint density at radius 3 is 2.13 bits per heavy atom. The lowest BCUT2D eigenvalue weighted by molar-refractivity contribution is 0.764. The summed E-state index contributed by atoms with van der Waals surface area (Å²) in [6.45, 7) is 16.7. The van der Waals surface area contributed by atoms with E-state index in [-0.39, 0.29) is 0 Å². The van der Waals surface area contributed by atoms with E-state index in [1.807, 2.05) is 24.3 Å². The second kappa shape index (κ2) is 9.21. The molecule has 1 aliphatic heterocycles. The molecular formula is C37H29N. The molecule has 1 heterocycles. The van der Waals surface area contributed by atoms with Gasteiger partial charge in [-0.2, -0.15) is 0 Å². The number of fused-ring (bicyclic) bond motifs is 6. The quantitative estimate of drug-likeness (QED) is 0.276. The highest BCUT2D eigenvalue weighted by Gasteiger charge is 2.51. The van der Waals surface area contributed by atoms with Crippen LogP contribution in [0.5, 0.6) is 0 Å². The highest BCUT2D eigenvalue weighted by molar-refractivity contribution is 5.98. The molecule has 1 aliphatic carbocycles. The molecule has 0 bridgehead atoms. The molecule has 182 valence electrons. The third-order valence-electron chi connectivity index (χ3n) is 7.74. The summed E-state index contributed by atoms with van der Waals surface area (Å²) in [5.41, 5.74) is 13.1. The molecule has 38 heavy (non-hydrogen) atoms. The average Bonchev–Trinajstić information content (AvgIpc) is 3.21. The van der Waals surface area contributed by atoms with Gasteiger partial charge in [-0.25, -0.2) is 0 Å². The molecule has 1 nitrogen and oxygen atoms in total. The minimum absolute atomic E-state index is 0.557. The summed E-state index contributed by atoms with van der Waals surface area (Å²) >= 11 is 0. The maximum atomic E-state index is 4.60. The maximum Gasteiger partial charge on any atom is 0.0754 e. The van der Waals surface area contributed by atoms with Crippen LogP contribution in [0.3, 0.4) is 0 Å². The lowest BCUT2D eigenvalue weighted by atomic mass is 9.64.